The van der Waals surface area contributed by atoms with Crippen molar-refractivity contribution >= 4 is 17.3 Å². The second kappa shape index (κ2) is 7.41. The van der Waals surface area contributed by atoms with E-state index in [0.29, 0.717) is 22.7 Å². The van der Waals surface area contributed by atoms with Crippen LogP contribution < -0.4 is 16.2 Å². The number of rotatable bonds is 2. The van der Waals surface area contributed by atoms with E-state index in [0.717, 1.165) is 5.56 Å². The van der Waals surface area contributed by atoms with E-state index in [9.17, 15) is 9.18 Å². The van der Waals surface area contributed by atoms with E-state index in [-0.39, 0.29) is 11.4 Å². The van der Waals surface area contributed by atoms with Gasteiger partial charge in [0.05, 0.1) is 5.56 Å². The number of nitrogen functional groups attached to an aromatic ring is 2. The Morgan fingerprint density at radius 1 is 0.808 bits per heavy atom. The molecule has 26 heavy (non-hydrogen) atoms. The van der Waals surface area contributed by atoms with Gasteiger partial charge in [0.1, 0.15) is 11.6 Å². The zero-order valence-electron chi connectivity index (χ0n) is 13.7. The van der Waals surface area contributed by atoms with Crippen LogP contribution in [0.5, 0.6) is 5.75 Å². The van der Waals surface area contributed by atoms with Crippen LogP contribution in [0.4, 0.5) is 15.8 Å². The van der Waals surface area contributed by atoms with Crippen molar-refractivity contribution in [2.45, 2.75) is 0 Å². The zero-order chi connectivity index (χ0) is 18.5. The lowest BCUT2D eigenvalue weighted by molar-refractivity contribution is 0.0735. The fourth-order valence-electron chi connectivity index (χ4n) is 2.24. The molecular weight excluding hydrogens is 331 g/mol. The molecule has 0 spiro atoms. The summed E-state index contributed by atoms with van der Waals surface area (Å²) in [6.45, 7) is 0. The molecular formula is C21H15FN2O2. The molecule has 0 radical (unpaired) electrons. The fraction of sp³-hybridized carbons (Fsp3) is 0. The molecule has 5 heteroatoms. The van der Waals surface area contributed by atoms with Crippen molar-refractivity contribution in [2.24, 2.45) is 0 Å². The van der Waals surface area contributed by atoms with Crippen molar-refractivity contribution in [1.82, 2.24) is 0 Å². The summed E-state index contributed by atoms with van der Waals surface area (Å²) in [5, 5.41) is 0. The Kier molecular flexibility index (Phi) is 4.86. The predicted octanol–water partition coefficient (Wildman–Crippen LogP) is 3.61. The van der Waals surface area contributed by atoms with E-state index in [1.807, 2.05) is 0 Å². The van der Waals surface area contributed by atoms with Crippen molar-refractivity contribution in [1.29, 1.82) is 0 Å². The number of benzene rings is 3. The maximum Gasteiger partial charge on any atom is 0.343 e. The SMILES string of the molecule is Nc1cc(N)cc(C(=O)Oc2ccc(C#Cc3ccc(F)cc3)cc2)c1. The molecule has 128 valence electrons. The molecule has 0 atom stereocenters. The molecule has 0 amide bonds. The lowest BCUT2D eigenvalue weighted by Gasteiger charge is -2.06. The van der Waals surface area contributed by atoms with Crippen LogP contribution in [0, 0.1) is 17.7 Å². The lowest BCUT2D eigenvalue weighted by atomic mass is 10.1. The summed E-state index contributed by atoms with van der Waals surface area (Å²) >= 11 is 0. The van der Waals surface area contributed by atoms with Gasteiger partial charge in [0.25, 0.3) is 0 Å². The number of hydrogen-bond acceptors (Lipinski definition) is 4. The summed E-state index contributed by atoms with van der Waals surface area (Å²) in [6, 6.07) is 17.2. The monoisotopic (exact) mass is 346 g/mol. The molecule has 3 rings (SSSR count). The molecule has 0 aliphatic rings. The first-order valence-electron chi connectivity index (χ1n) is 7.75. The Balaban J connectivity index is 1.70. The van der Waals surface area contributed by atoms with Crippen LogP contribution in [0.3, 0.4) is 0 Å². The van der Waals surface area contributed by atoms with Gasteiger partial charge in [0, 0.05) is 22.5 Å². The maximum absolute atomic E-state index is 12.9. The molecule has 4 N–H and O–H groups in total. The van der Waals surface area contributed by atoms with Crippen molar-refractivity contribution in [3.63, 3.8) is 0 Å². The van der Waals surface area contributed by atoms with Gasteiger partial charge in [-0.15, -0.1) is 0 Å². The molecule has 0 aliphatic carbocycles. The predicted molar refractivity (Wildman–Crippen MR) is 99.0 cm³/mol. The number of ether oxygens (including phenoxy) is 1. The number of nitrogens with two attached hydrogens (primary N) is 2. The minimum Gasteiger partial charge on any atom is -0.423 e. The Morgan fingerprint density at radius 2 is 1.31 bits per heavy atom. The molecule has 0 aliphatic heterocycles. The molecule has 4 nitrogen and oxygen atoms in total. The molecule has 3 aromatic rings. The van der Waals surface area contributed by atoms with Gasteiger partial charge in [-0.1, -0.05) is 11.8 Å². The van der Waals surface area contributed by atoms with Crippen LogP contribution in [-0.4, -0.2) is 5.97 Å². The lowest BCUT2D eigenvalue weighted by Crippen LogP contribution is -2.09. The van der Waals surface area contributed by atoms with Crippen LogP contribution in [0.2, 0.25) is 0 Å². The number of carbonyl (C=O) groups is 1. The Labute approximate surface area is 150 Å². The summed E-state index contributed by atoms with van der Waals surface area (Å²) in [4.78, 5) is 12.1. The third-order valence-electron chi connectivity index (χ3n) is 3.47. The maximum atomic E-state index is 12.9. The fourth-order valence-corrected chi connectivity index (χ4v) is 2.24. The Morgan fingerprint density at radius 3 is 1.85 bits per heavy atom. The summed E-state index contributed by atoms with van der Waals surface area (Å²) in [7, 11) is 0. The third-order valence-corrected chi connectivity index (χ3v) is 3.47. The van der Waals surface area contributed by atoms with Gasteiger partial charge in [-0.3, -0.25) is 0 Å². The van der Waals surface area contributed by atoms with Gasteiger partial charge in [-0.05, 0) is 66.7 Å². The molecule has 0 saturated heterocycles. The largest absolute Gasteiger partial charge is 0.423 e. The van der Waals surface area contributed by atoms with Gasteiger partial charge >= 0.3 is 5.97 Å². The van der Waals surface area contributed by atoms with Crippen molar-refractivity contribution in [2.75, 3.05) is 11.5 Å². The van der Waals surface area contributed by atoms with Crippen molar-refractivity contribution < 1.29 is 13.9 Å². The highest BCUT2D eigenvalue weighted by molar-refractivity contribution is 5.93. The quantitative estimate of drug-likeness (QED) is 0.322. The van der Waals surface area contributed by atoms with Crippen LogP contribution in [0.15, 0.2) is 66.7 Å². The second-order valence-electron chi connectivity index (χ2n) is 5.56. The first-order valence-corrected chi connectivity index (χ1v) is 7.75. The van der Waals surface area contributed by atoms with E-state index in [1.165, 1.54) is 24.3 Å². The number of anilines is 2. The summed E-state index contributed by atoms with van der Waals surface area (Å²) < 4.78 is 18.2. The van der Waals surface area contributed by atoms with Gasteiger partial charge in [0.2, 0.25) is 0 Å². The van der Waals surface area contributed by atoms with E-state index >= 15 is 0 Å². The highest BCUT2D eigenvalue weighted by Crippen LogP contribution is 2.18. The average Bonchev–Trinajstić information content (AvgIpc) is 2.61. The van der Waals surface area contributed by atoms with Gasteiger partial charge in [0.15, 0.2) is 0 Å². The van der Waals surface area contributed by atoms with E-state index < -0.39 is 5.97 Å². The normalized spacial score (nSPS) is 9.88. The topological polar surface area (TPSA) is 78.3 Å². The third kappa shape index (κ3) is 4.40. The summed E-state index contributed by atoms with van der Waals surface area (Å²) in [5.74, 6) is 5.42. The number of halogens is 1. The Bertz CT molecular complexity index is 981. The van der Waals surface area contributed by atoms with Crippen LogP contribution in [-0.2, 0) is 0 Å². The van der Waals surface area contributed by atoms with E-state index in [4.69, 9.17) is 16.2 Å². The molecule has 0 fully saturated rings. The smallest absolute Gasteiger partial charge is 0.343 e. The molecule has 0 bridgehead atoms. The second-order valence-corrected chi connectivity index (χ2v) is 5.56. The van der Waals surface area contributed by atoms with Crippen LogP contribution in [0.25, 0.3) is 0 Å². The highest BCUT2D eigenvalue weighted by Gasteiger charge is 2.10. The summed E-state index contributed by atoms with van der Waals surface area (Å²) in [6.07, 6.45) is 0. The van der Waals surface area contributed by atoms with Crippen LogP contribution in [0.1, 0.15) is 21.5 Å². The van der Waals surface area contributed by atoms with Crippen molar-refractivity contribution in [3.05, 3.63) is 89.2 Å². The molecule has 3 aromatic carbocycles. The standard InChI is InChI=1S/C21H15FN2O2/c22-17-7-3-14(4-8-17)1-2-15-5-9-20(10-6-15)26-21(25)16-11-18(23)13-19(24)12-16/h3-13H,23-24H2. The average molecular weight is 346 g/mol. The van der Waals surface area contributed by atoms with E-state index in [1.54, 1.807) is 42.5 Å². The molecule has 0 aromatic heterocycles. The van der Waals surface area contributed by atoms with Gasteiger partial charge < -0.3 is 16.2 Å². The number of hydrogen-bond donors (Lipinski definition) is 2. The molecule has 0 unspecified atom stereocenters. The molecule has 0 heterocycles. The number of carbonyl (C=O) groups excluding carboxylic acids is 1. The van der Waals surface area contributed by atoms with Gasteiger partial charge in [-0.2, -0.15) is 0 Å². The Hall–Kier alpha value is -3.78. The first-order chi connectivity index (χ1) is 12.5. The zero-order valence-corrected chi connectivity index (χ0v) is 13.7. The van der Waals surface area contributed by atoms with Gasteiger partial charge in [-0.25, -0.2) is 9.18 Å². The summed E-state index contributed by atoms with van der Waals surface area (Å²) in [5.41, 5.74) is 13.9. The minimum absolute atomic E-state index is 0.280. The number of esters is 1. The molecule has 0 saturated carbocycles. The van der Waals surface area contributed by atoms with Crippen molar-refractivity contribution in [3.8, 4) is 17.6 Å². The van der Waals surface area contributed by atoms with E-state index in [2.05, 4.69) is 11.8 Å². The highest BCUT2D eigenvalue weighted by atomic mass is 19.1. The van der Waals surface area contributed by atoms with Crippen LogP contribution >= 0.6 is 0 Å². The minimum atomic E-state index is -0.547. The first kappa shape index (κ1) is 17.1.